The van der Waals surface area contributed by atoms with Crippen molar-refractivity contribution in [3.8, 4) is 0 Å². The van der Waals surface area contributed by atoms with E-state index < -0.39 is 36.7 Å². The van der Waals surface area contributed by atoms with Gasteiger partial charge in [0.2, 0.25) is 0 Å². The molecular formula is F4K3Li3Mg3O12Si4. The summed E-state index contributed by atoms with van der Waals surface area (Å²) in [5, 5.41) is 0. The van der Waals surface area contributed by atoms with Crippen molar-refractivity contribution < 1.29 is 286 Å². The summed E-state index contributed by atoms with van der Waals surface area (Å²) in [7, 11) is -14.5. The van der Waals surface area contributed by atoms with Crippen molar-refractivity contribution in [2.24, 2.45) is 0 Å². The van der Waals surface area contributed by atoms with Crippen molar-refractivity contribution in [1.29, 1.82) is 0 Å². The van der Waals surface area contributed by atoms with Gasteiger partial charge in [0.1, 0.15) is 0 Å². The number of halogens is 4. The summed E-state index contributed by atoms with van der Waals surface area (Å²) in [5.41, 5.74) is 0. The predicted molar refractivity (Wildman–Crippen MR) is 43.0 cm³/mol. The van der Waals surface area contributed by atoms with Gasteiger partial charge in [0.25, 0.3) is 0 Å². The minimum Gasteiger partial charge on any atom is -1.00 e. The Morgan fingerprint density at radius 2 is 0.345 bits per heavy atom. The molecule has 0 rings (SSSR count). The molecule has 0 bridgehead atoms. The van der Waals surface area contributed by atoms with Crippen LogP contribution in [0.4, 0.5) is 0 Å². The second-order valence-corrected chi connectivity index (χ2v) is 3.00. The van der Waals surface area contributed by atoms with Gasteiger partial charge >= 0.3 is 280 Å². The average Bonchev–Trinajstić information content (AvgIpc) is 1.76. The quantitative estimate of drug-likeness (QED) is 0.188. The van der Waals surface area contributed by atoms with Gasteiger partial charge in [-0.1, -0.05) is 0 Å². The third kappa shape index (κ3) is 750. The Morgan fingerprint density at radius 3 is 0.345 bits per heavy atom. The zero-order valence-electron chi connectivity index (χ0n) is 16.5. The van der Waals surface area contributed by atoms with Gasteiger partial charge in [-0.3, -0.25) is 0 Å². The topological polar surface area (TPSA) is 253 Å². The molecule has 0 fully saturated rings. The van der Waals surface area contributed by atoms with Crippen molar-refractivity contribution >= 4 is 106 Å². The standard InChI is InChI=1S/4FH.3K.3Li.3Mg.4O3Si/c;;;;;;;;;;;;;4*1-4(2)3/h4*1H;;;;;;;;;;;;;/q;;;;6*+1;3*+2;4*-2/p-4. The first-order chi connectivity index (χ1) is 6.93. The molecule has 0 spiro atoms. The summed E-state index contributed by atoms with van der Waals surface area (Å²) in [4.78, 5) is 68.1. The van der Waals surface area contributed by atoms with Crippen LogP contribution in [-0.4, -0.2) is 106 Å². The van der Waals surface area contributed by atoms with E-state index in [1.54, 1.807) is 0 Å². The van der Waals surface area contributed by atoms with E-state index in [4.69, 9.17) is 56.2 Å². The van der Waals surface area contributed by atoms with Crippen LogP contribution in [0, 0.1) is 0 Å². The van der Waals surface area contributed by atoms with Gasteiger partial charge in [-0.15, -0.1) is 0 Å². The van der Waals surface area contributed by atoms with Gasteiger partial charge in [-0.2, -0.15) is 0 Å². The van der Waals surface area contributed by atoms with Crippen LogP contribution >= 0.6 is 0 Å². The molecule has 0 aromatic rings. The van der Waals surface area contributed by atoms with Crippen LogP contribution in [0.1, 0.15) is 0 Å². The molecule has 128 valence electrons. The van der Waals surface area contributed by atoms with E-state index in [9.17, 15) is 0 Å². The summed E-state index contributed by atoms with van der Waals surface area (Å²) in [5.74, 6) is 0. The average molecular weight is 591 g/mol. The van der Waals surface area contributed by atoms with Crippen molar-refractivity contribution in [3.05, 3.63) is 0 Å². The molecule has 12 nitrogen and oxygen atoms in total. The van der Waals surface area contributed by atoms with E-state index >= 15 is 0 Å². The smallest absolute Gasteiger partial charge is 1.00 e. The van der Waals surface area contributed by atoms with Gasteiger partial charge in [0.05, 0.1) is 0 Å². The van der Waals surface area contributed by atoms with Gasteiger partial charge < -0.3 is 75.0 Å². The fraction of sp³-hybridized carbons (Fsp3) is 0. The zero-order chi connectivity index (χ0) is 14.3. The molecule has 0 saturated carbocycles. The first-order valence-corrected chi connectivity index (χ1v) is 7.35. The summed E-state index contributed by atoms with van der Waals surface area (Å²) >= 11 is 0. The maximum absolute atomic E-state index is 8.52. The van der Waals surface area contributed by atoms with Gasteiger partial charge in [0.15, 0.2) is 0 Å². The van der Waals surface area contributed by atoms with Gasteiger partial charge in [0, 0.05) is 36.7 Å². The van der Waals surface area contributed by atoms with E-state index in [0.29, 0.717) is 0 Å². The summed E-state index contributed by atoms with van der Waals surface area (Å²) < 4.78 is 34.1. The third-order valence-corrected chi connectivity index (χ3v) is 0. The molecule has 0 heterocycles. The molecule has 0 aromatic carbocycles. The SMILES string of the molecule is O=[Si]([O-])[O-].O=[Si]([O-])[O-].O=[Si]([O-])[O-].O=[Si]([O-])[O-].[F-].[F-].[F-].[F-].[K+].[K+].[K+].[Li+].[Li+].[Li+].[Mg+2].[Mg+2].[Mg+2]. The summed E-state index contributed by atoms with van der Waals surface area (Å²) in [6, 6.07) is 0. The van der Waals surface area contributed by atoms with E-state index in [1.807, 2.05) is 0 Å². The minimum atomic E-state index is -3.63. The van der Waals surface area contributed by atoms with Crippen LogP contribution in [-0.2, 0) is 17.8 Å². The molecule has 29 heavy (non-hydrogen) atoms. The molecule has 0 saturated heterocycles. The maximum atomic E-state index is 8.52. The third-order valence-electron chi connectivity index (χ3n) is 0. The van der Waals surface area contributed by atoms with Crippen LogP contribution in [0.15, 0.2) is 0 Å². The molecule has 0 atom stereocenters. The van der Waals surface area contributed by atoms with Crippen LogP contribution in [0.25, 0.3) is 0 Å². The largest absolute Gasteiger partial charge is 2.00 e. The Bertz CT molecular complexity index is 208. The van der Waals surface area contributed by atoms with Crippen molar-refractivity contribution in [1.82, 2.24) is 0 Å². The maximum Gasteiger partial charge on any atom is 2.00 e. The molecule has 0 aliphatic rings. The predicted octanol–water partition coefficient (Wildman–Crippen LogP) is -42.6. The molecule has 29 heteroatoms. The summed E-state index contributed by atoms with van der Waals surface area (Å²) in [6.45, 7) is 0. The zero-order valence-corrected chi connectivity index (χ0v) is 34.1. The Hall–Kier alpha value is 7.19. The molecule has 0 aliphatic heterocycles. The van der Waals surface area contributed by atoms with Gasteiger partial charge in [-0.25, -0.2) is 0 Å². The summed E-state index contributed by atoms with van der Waals surface area (Å²) in [6.07, 6.45) is 0. The fourth-order valence-corrected chi connectivity index (χ4v) is 0. The van der Waals surface area contributed by atoms with Crippen LogP contribution in [0.3, 0.4) is 0 Å². The molecule has 0 radical (unpaired) electrons. The first kappa shape index (κ1) is 122. The first-order valence-electron chi connectivity index (χ1n) is 2.45. The fourth-order valence-electron chi connectivity index (χ4n) is 0. The Labute approximate surface area is 381 Å². The van der Waals surface area contributed by atoms with Crippen molar-refractivity contribution in [2.45, 2.75) is 0 Å². The van der Waals surface area contributed by atoms with Crippen molar-refractivity contribution in [2.75, 3.05) is 0 Å². The molecule has 0 aliphatic carbocycles. The number of hydrogen-bond acceptors (Lipinski definition) is 12. The van der Waals surface area contributed by atoms with Gasteiger partial charge in [-0.05, 0) is 0 Å². The van der Waals surface area contributed by atoms with E-state index in [2.05, 4.69) is 0 Å². The van der Waals surface area contributed by atoms with E-state index in [1.165, 1.54) is 0 Å². The van der Waals surface area contributed by atoms with E-state index in [-0.39, 0.29) is 299 Å². The van der Waals surface area contributed by atoms with Crippen molar-refractivity contribution in [3.63, 3.8) is 0 Å². The van der Waals surface area contributed by atoms with E-state index in [0.717, 1.165) is 0 Å². The van der Waals surface area contributed by atoms with Crippen LogP contribution in [0.5, 0.6) is 0 Å². The van der Waals surface area contributed by atoms with Crippen LogP contribution < -0.4 is 268 Å². The minimum absolute atomic E-state index is 0. The second-order valence-electron chi connectivity index (χ2n) is 1.00. The molecule has 0 N–H and O–H groups in total. The molecular weight excluding hydrogens is 591 g/mol. The second kappa shape index (κ2) is 112. The number of rotatable bonds is 0. The van der Waals surface area contributed by atoms with Crippen LogP contribution in [0.2, 0.25) is 0 Å². The Morgan fingerprint density at radius 1 is 0.345 bits per heavy atom. The Kier molecular flexibility index (Phi) is 469. The molecule has 0 unspecified atom stereocenters. The molecule has 0 aromatic heterocycles. The molecule has 0 amide bonds. The Balaban J connectivity index is -0.00000000384. The number of hydrogen-bond donors (Lipinski definition) is 0. The monoisotopic (exact) mass is 590 g/mol. The normalized spacial score (nSPS) is 3.31.